The van der Waals surface area contributed by atoms with E-state index in [1.165, 1.54) is 0 Å². The van der Waals surface area contributed by atoms with E-state index in [1.807, 2.05) is 6.92 Å². The van der Waals surface area contributed by atoms with Gasteiger partial charge in [-0.25, -0.2) is 13.2 Å². The molecule has 1 aliphatic rings. The van der Waals surface area contributed by atoms with Crippen molar-refractivity contribution in [3.8, 4) is 0 Å². The predicted octanol–water partition coefficient (Wildman–Crippen LogP) is 2.40. The molecular weight excluding hydrogens is 293 g/mol. The third-order valence-corrected chi connectivity index (χ3v) is 3.40. The minimum absolute atomic E-state index is 0. The molecule has 2 N–H and O–H groups in total. The van der Waals surface area contributed by atoms with Crippen molar-refractivity contribution in [2.24, 2.45) is 0 Å². The minimum Gasteiger partial charge on any atom is -0.347 e. The van der Waals surface area contributed by atoms with Gasteiger partial charge in [-0.2, -0.15) is 0 Å². The molecule has 7 heteroatoms. The maximum absolute atomic E-state index is 13.5. The molecule has 1 aliphatic heterocycles. The zero-order chi connectivity index (χ0) is 14.0. The van der Waals surface area contributed by atoms with Gasteiger partial charge in [0.05, 0.1) is 5.56 Å². The van der Waals surface area contributed by atoms with E-state index in [0.29, 0.717) is 12.8 Å². The average molecular weight is 309 g/mol. The lowest BCUT2D eigenvalue weighted by Crippen LogP contribution is -2.52. The standard InChI is InChI=1S/C13H15F3N2O.ClH/c1-13(4-6-17-7-5-13)18-12(19)8-2-3-9(14)11(16)10(8)15;/h2-3,17H,4-7H2,1H3,(H,18,19);1H. The Labute approximate surface area is 121 Å². The first-order valence-corrected chi connectivity index (χ1v) is 6.10. The molecule has 1 amide bonds. The lowest BCUT2D eigenvalue weighted by molar-refractivity contribution is 0.0882. The number of amides is 1. The van der Waals surface area contributed by atoms with Crippen LogP contribution in [0.15, 0.2) is 12.1 Å². The van der Waals surface area contributed by atoms with Gasteiger partial charge in [-0.15, -0.1) is 12.4 Å². The highest BCUT2D eigenvalue weighted by Crippen LogP contribution is 2.20. The number of nitrogens with one attached hydrogen (secondary N) is 2. The number of hydrogen-bond acceptors (Lipinski definition) is 2. The summed E-state index contributed by atoms with van der Waals surface area (Å²) in [4.78, 5) is 11.9. The van der Waals surface area contributed by atoms with E-state index < -0.39 is 34.5 Å². The number of carbonyl (C=O) groups is 1. The van der Waals surface area contributed by atoms with Crippen LogP contribution in [0.4, 0.5) is 13.2 Å². The lowest BCUT2D eigenvalue weighted by Gasteiger charge is -2.35. The molecule has 0 aromatic heterocycles. The summed E-state index contributed by atoms with van der Waals surface area (Å²) in [5, 5.41) is 5.84. The zero-order valence-corrected chi connectivity index (χ0v) is 11.8. The molecule has 1 aromatic carbocycles. The number of hydrogen-bond donors (Lipinski definition) is 2. The van der Waals surface area contributed by atoms with Crippen molar-refractivity contribution in [1.29, 1.82) is 0 Å². The lowest BCUT2D eigenvalue weighted by atomic mass is 9.90. The van der Waals surface area contributed by atoms with E-state index in [4.69, 9.17) is 0 Å². The van der Waals surface area contributed by atoms with Crippen LogP contribution >= 0.6 is 12.4 Å². The van der Waals surface area contributed by atoms with Crippen LogP contribution in [0.25, 0.3) is 0 Å². The Morgan fingerprint density at radius 3 is 2.40 bits per heavy atom. The molecule has 20 heavy (non-hydrogen) atoms. The van der Waals surface area contributed by atoms with Crippen molar-refractivity contribution in [2.45, 2.75) is 25.3 Å². The van der Waals surface area contributed by atoms with E-state index in [2.05, 4.69) is 10.6 Å². The van der Waals surface area contributed by atoms with Crippen molar-refractivity contribution in [3.63, 3.8) is 0 Å². The fourth-order valence-corrected chi connectivity index (χ4v) is 2.15. The van der Waals surface area contributed by atoms with Crippen LogP contribution < -0.4 is 10.6 Å². The molecule has 1 fully saturated rings. The van der Waals surface area contributed by atoms with Gasteiger partial charge in [0.1, 0.15) is 0 Å². The Kier molecular flexibility index (Phi) is 5.42. The first-order chi connectivity index (χ1) is 8.93. The SMILES string of the molecule is CC1(NC(=O)c2ccc(F)c(F)c2F)CCNCC1.Cl. The van der Waals surface area contributed by atoms with Crippen LogP contribution in [0.2, 0.25) is 0 Å². The summed E-state index contributed by atoms with van der Waals surface area (Å²) in [7, 11) is 0. The molecule has 1 heterocycles. The van der Waals surface area contributed by atoms with Crippen molar-refractivity contribution in [3.05, 3.63) is 35.1 Å². The first kappa shape index (κ1) is 16.8. The molecule has 0 atom stereocenters. The number of rotatable bonds is 2. The summed E-state index contributed by atoms with van der Waals surface area (Å²) in [5.41, 5.74) is -0.932. The third kappa shape index (κ3) is 3.43. The second-order valence-corrected chi connectivity index (χ2v) is 4.99. The van der Waals surface area contributed by atoms with Gasteiger partial charge in [0.15, 0.2) is 17.5 Å². The second-order valence-electron chi connectivity index (χ2n) is 4.99. The van der Waals surface area contributed by atoms with Gasteiger partial charge in [0.2, 0.25) is 0 Å². The second kappa shape index (κ2) is 6.45. The highest BCUT2D eigenvalue weighted by molar-refractivity contribution is 5.95. The Morgan fingerprint density at radius 2 is 1.80 bits per heavy atom. The number of carbonyl (C=O) groups excluding carboxylic acids is 1. The van der Waals surface area contributed by atoms with Crippen LogP contribution in [0.1, 0.15) is 30.1 Å². The van der Waals surface area contributed by atoms with Crippen LogP contribution in [0, 0.1) is 17.5 Å². The maximum Gasteiger partial charge on any atom is 0.254 e. The van der Waals surface area contributed by atoms with Crippen molar-refractivity contribution >= 4 is 18.3 Å². The van der Waals surface area contributed by atoms with Gasteiger partial charge in [0.25, 0.3) is 5.91 Å². The number of piperidine rings is 1. The molecule has 3 nitrogen and oxygen atoms in total. The van der Waals surface area contributed by atoms with Crippen LogP contribution in [0.3, 0.4) is 0 Å². The van der Waals surface area contributed by atoms with E-state index in [9.17, 15) is 18.0 Å². The van der Waals surface area contributed by atoms with Gasteiger partial charge >= 0.3 is 0 Å². The maximum atomic E-state index is 13.5. The van der Waals surface area contributed by atoms with Crippen LogP contribution in [-0.2, 0) is 0 Å². The van der Waals surface area contributed by atoms with Crippen LogP contribution in [-0.4, -0.2) is 24.5 Å². The largest absolute Gasteiger partial charge is 0.347 e. The molecule has 0 bridgehead atoms. The molecule has 0 unspecified atom stereocenters. The molecule has 1 aromatic rings. The summed E-state index contributed by atoms with van der Waals surface area (Å²) in [6, 6.07) is 1.70. The fraction of sp³-hybridized carbons (Fsp3) is 0.462. The van der Waals surface area contributed by atoms with Crippen molar-refractivity contribution in [1.82, 2.24) is 10.6 Å². The highest BCUT2D eigenvalue weighted by Gasteiger charge is 2.30. The quantitative estimate of drug-likeness (QED) is 0.824. The van der Waals surface area contributed by atoms with Gasteiger partial charge in [-0.3, -0.25) is 4.79 Å². The Morgan fingerprint density at radius 1 is 1.20 bits per heavy atom. The van der Waals surface area contributed by atoms with Crippen LogP contribution in [0.5, 0.6) is 0 Å². The van der Waals surface area contributed by atoms with Gasteiger partial charge in [-0.05, 0) is 45.0 Å². The number of halogens is 4. The van der Waals surface area contributed by atoms with E-state index >= 15 is 0 Å². The summed E-state index contributed by atoms with van der Waals surface area (Å²) in [6.07, 6.45) is 1.40. The van der Waals surface area contributed by atoms with Crippen molar-refractivity contribution < 1.29 is 18.0 Å². The molecule has 0 aliphatic carbocycles. The molecule has 2 rings (SSSR count). The van der Waals surface area contributed by atoms with Gasteiger partial charge in [0, 0.05) is 5.54 Å². The highest BCUT2D eigenvalue weighted by atomic mass is 35.5. The summed E-state index contributed by atoms with van der Waals surface area (Å²) in [6.45, 7) is 3.34. The molecule has 0 spiro atoms. The fourth-order valence-electron chi connectivity index (χ4n) is 2.15. The zero-order valence-electron chi connectivity index (χ0n) is 10.9. The van der Waals surface area contributed by atoms with E-state index in [-0.39, 0.29) is 12.4 Å². The summed E-state index contributed by atoms with van der Waals surface area (Å²) >= 11 is 0. The molecule has 0 saturated carbocycles. The first-order valence-electron chi connectivity index (χ1n) is 6.10. The minimum atomic E-state index is -1.62. The summed E-state index contributed by atoms with van der Waals surface area (Å²) in [5.74, 6) is -5.10. The molecule has 0 radical (unpaired) electrons. The predicted molar refractivity (Wildman–Crippen MR) is 71.5 cm³/mol. The van der Waals surface area contributed by atoms with Gasteiger partial charge < -0.3 is 10.6 Å². The Bertz CT molecular complexity index is 505. The Balaban J connectivity index is 0.00000200. The average Bonchev–Trinajstić information content (AvgIpc) is 2.36. The Hall–Kier alpha value is -1.27. The third-order valence-electron chi connectivity index (χ3n) is 3.40. The van der Waals surface area contributed by atoms with E-state index in [1.54, 1.807) is 0 Å². The van der Waals surface area contributed by atoms with Gasteiger partial charge in [-0.1, -0.05) is 0 Å². The molecular formula is C13H16ClF3N2O. The molecule has 112 valence electrons. The summed E-state index contributed by atoms with van der Waals surface area (Å²) < 4.78 is 39.4. The topological polar surface area (TPSA) is 41.1 Å². The van der Waals surface area contributed by atoms with E-state index in [0.717, 1.165) is 25.2 Å². The number of benzene rings is 1. The van der Waals surface area contributed by atoms with Crippen molar-refractivity contribution in [2.75, 3.05) is 13.1 Å². The normalized spacial score (nSPS) is 17.2. The molecule has 1 saturated heterocycles. The monoisotopic (exact) mass is 308 g/mol. The smallest absolute Gasteiger partial charge is 0.254 e.